The van der Waals surface area contributed by atoms with E-state index in [0.717, 1.165) is 11.2 Å². The maximum absolute atomic E-state index is 13.2. The third kappa shape index (κ3) is 3.96. The first-order valence-corrected chi connectivity index (χ1v) is 10.3. The largest absolute Gasteiger partial charge is 0.423 e. The zero-order valence-electron chi connectivity index (χ0n) is 17.5. The molecule has 5 rings (SSSR count). The Hall–Kier alpha value is -4.01. The van der Waals surface area contributed by atoms with E-state index in [9.17, 15) is 9.18 Å². The van der Waals surface area contributed by atoms with E-state index in [4.69, 9.17) is 4.42 Å². The van der Waals surface area contributed by atoms with Crippen molar-refractivity contribution in [2.75, 3.05) is 36.4 Å². The van der Waals surface area contributed by atoms with Crippen molar-refractivity contribution >= 4 is 34.7 Å². The van der Waals surface area contributed by atoms with Gasteiger partial charge in [0, 0.05) is 38.1 Å². The maximum Gasteiger partial charge on any atom is 0.302 e. The van der Waals surface area contributed by atoms with Crippen molar-refractivity contribution in [3.63, 3.8) is 0 Å². The highest BCUT2D eigenvalue weighted by molar-refractivity contribution is 5.95. The lowest BCUT2D eigenvalue weighted by Gasteiger charge is -2.36. The number of fused-ring (bicyclic) bond motifs is 1. The molecule has 0 bridgehead atoms. The van der Waals surface area contributed by atoms with Crippen LogP contribution in [0.3, 0.4) is 0 Å². The standard InChI is InChI=1S/C23H21FN6O2/c1-15-18(14-25-22(26-15)28-23-27-19-4-2-3-5-20(19)32-23)21(31)30-12-10-29(11-13-30)17-8-6-16(24)7-9-17/h2-9,14H,10-13H2,1H3,(H,25,26,27,28). The number of para-hydroxylation sites is 2. The van der Waals surface area contributed by atoms with Crippen LogP contribution in [-0.2, 0) is 0 Å². The number of oxazole rings is 1. The van der Waals surface area contributed by atoms with Gasteiger partial charge in [-0.3, -0.25) is 10.1 Å². The number of hydrogen-bond acceptors (Lipinski definition) is 7. The third-order valence-corrected chi connectivity index (χ3v) is 5.48. The Kier molecular flexibility index (Phi) is 5.14. The summed E-state index contributed by atoms with van der Waals surface area (Å²) in [4.78, 5) is 30.0. The Labute approximate surface area is 183 Å². The predicted molar refractivity (Wildman–Crippen MR) is 119 cm³/mol. The molecule has 2 aromatic heterocycles. The van der Waals surface area contributed by atoms with Crippen molar-refractivity contribution in [2.45, 2.75) is 6.92 Å². The second-order valence-corrected chi connectivity index (χ2v) is 7.56. The molecule has 1 amide bonds. The molecule has 3 heterocycles. The molecule has 1 aliphatic heterocycles. The van der Waals surface area contributed by atoms with Gasteiger partial charge in [-0.25, -0.2) is 14.4 Å². The van der Waals surface area contributed by atoms with Crippen LogP contribution in [-0.4, -0.2) is 51.9 Å². The summed E-state index contributed by atoms with van der Waals surface area (Å²) in [5.41, 5.74) is 3.39. The quantitative estimate of drug-likeness (QED) is 0.525. The Morgan fingerprint density at radius 2 is 1.78 bits per heavy atom. The fourth-order valence-electron chi connectivity index (χ4n) is 3.75. The number of aryl methyl sites for hydroxylation is 1. The van der Waals surface area contributed by atoms with Gasteiger partial charge in [-0.15, -0.1) is 0 Å². The molecule has 1 aliphatic rings. The Morgan fingerprint density at radius 1 is 1.03 bits per heavy atom. The van der Waals surface area contributed by atoms with Crippen LogP contribution in [0.25, 0.3) is 11.1 Å². The highest BCUT2D eigenvalue weighted by Crippen LogP contribution is 2.22. The second kappa shape index (κ2) is 8.26. The van der Waals surface area contributed by atoms with Gasteiger partial charge >= 0.3 is 6.01 Å². The molecule has 1 N–H and O–H groups in total. The van der Waals surface area contributed by atoms with Crippen molar-refractivity contribution in [1.29, 1.82) is 0 Å². The minimum Gasteiger partial charge on any atom is -0.423 e. The first kappa shape index (κ1) is 19.9. The van der Waals surface area contributed by atoms with Crippen molar-refractivity contribution < 1.29 is 13.6 Å². The van der Waals surface area contributed by atoms with Crippen LogP contribution >= 0.6 is 0 Å². The molecule has 0 atom stereocenters. The Balaban J connectivity index is 1.25. The van der Waals surface area contributed by atoms with Gasteiger partial charge in [-0.05, 0) is 43.3 Å². The molecule has 4 aromatic rings. The summed E-state index contributed by atoms with van der Waals surface area (Å²) in [6.07, 6.45) is 1.53. The maximum atomic E-state index is 13.2. The minimum atomic E-state index is -0.257. The summed E-state index contributed by atoms with van der Waals surface area (Å²) in [5.74, 6) is -0.0477. The zero-order valence-corrected chi connectivity index (χ0v) is 17.5. The fraction of sp³-hybridized carbons (Fsp3) is 0.217. The monoisotopic (exact) mass is 432 g/mol. The first-order valence-electron chi connectivity index (χ1n) is 10.3. The topological polar surface area (TPSA) is 87.4 Å². The number of amides is 1. The molecule has 0 unspecified atom stereocenters. The molecule has 32 heavy (non-hydrogen) atoms. The van der Waals surface area contributed by atoms with Gasteiger partial charge in [0.25, 0.3) is 5.91 Å². The lowest BCUT2D eigenvalue weighted by atomic mass is 10.2. The lowest BCUT2D eigenvalue weighted by Crippen LogP contribution is -2.49. The van der Waals surface area contributed by atoms with E-state index >= 15 is 0 Å². The van der Waals surface area contributed by atoms with Crippen LogP contribution in [0.2, 0.25) is 0 Å². The molecule has 0 radical (unpaired) electrons. The van der Waals surface area contributed by atoms with Crippen LogP contribution in [0, 0.1) is 12.7 Å². The molecule has 0 spiro atoms. The van der Waals surface area contributed by atoms with Crippen LogP contribution < -0.4 is 10.2 Å². The minimum absolute atomic E-state index is 0.102. The van der Waals surface area contributed by atoms with E-state index in [1.807, 2.05) is 24.3 Å². The van der Waals surface area contributed by atoms with E-state index < -0.39 is 0 Å². The van der Waals surface area contributed by atoms with Gasteiger partial charge in [0.2, 0.25) is 5.95 Å². The number of carbonyl (C=O) groups is 1. The van der Waals surface area contributed by atoms with E-state index in [2.05, 4.69) is 25.2 Å². The second-order valence-electron chi connectivity index (χ2n) is 7.56. The number of anilines is 3. The summed E-state index contributed by atoms with van der Waals surface area (Å²) in [6.45, 7) is 4.27. The summed E-state index contributed by atoms with van der Waals surface area (Å²) >= 11 is 0. The number of nitrogens with one attached hydrogen (secondary N) is 1. The molecule has 9 heteroatoms. The number of aromatic nitrogens is 3. The van der Waals surface area contributed by atoms with Gasteiger partial charge in [0.1, 0.15) is 11.3 Å². The highest BCUT2D eigenvalue weighted by atomic mass is 19.1. The van der Waals surface area contributed by atoms with Crippen LogP contribution in [0.1, 0.15) is 16.1 Å². The summed E-state index contributed by atoms with van der Waals surface area (Å²) in [7, 11) is 0. The number of piperazine rings is 1. The predicted octanol–water partition coefficient (Wildman–Crippen LogP) is 3.77. The highest BCUT2D eigenvalue weighted by Gasteiger charge is 2.24. The number of nitrogens with zero attached hydrogens (tertiary/aromatic N) is 5. The fourth-order valence-corrected chi connectivity index (χ4v) is 3.75. The van der Waals surface area contributed by atoms with Crippen molar-refractivity contribution in [3.05, 3.63) is 71.8 Å². The van der Waals surface area contributed by atoms with E-state index in [-0.39, 0.29) is 11.7 Å². The molecule has 8 nitrogen and oxygen atoms in total. The summed E-state index contributed by atoms with van der Waals surface area (Å²) in [5, 5.41) is 2.95. The van der Waals surface area contributed by atoms with Crippen LogP contribution in [0.15, 0.2) is 59.1 Å². The van der Waals surface area contributed by atoms with Crippen LogP contribution in [0.5, 0.6) is 0 Å². The van der Waals surface area contributed by atoms with E-state index in [1.165, 1.54) is 18.3 Å². The van der Waals surface area contributed by atoms with Gasteiger partial charge in [0.05, 0.1) is 11.3 Å². The average Bonchev–Trinajstić information content (AvgIpc) is 3.22. The molecule has 0 aliphatic carbocycles. The smallest absolute Gasteiger partial charge is 0.302 e. The number of rotatable bonds is 4. The lowest BCUT2D eigenvalue weighted by molar-refractivity contribution is 0.0745. The van der Waals surface area contributed by atoms with Gasteiger partial charge in [0.15, 0.2) is 5.58 Å². The Morgan fingerprint density at radius 3 is 2.50 bits per heavy atom. The molecule has 2 aromatic carbocycles. The number of halogens is 1. The first-order chi connectivity index (χ1) is 15.6. The van der Waals surface area contributed by atoms with Crippen molar-refractivity contribution in [3.8, 4) is 0 Å². The number of benzene rings is 2. The van der Waals surface area contributed by atoms with E-state index in [0.29, 0.717) is 55.0 Å². The summed E-state index contributed by atoms with van der Waals surface area (Å²) in [6, 6.07) is 14.1. The molecule has 162 valence electrons. The SMILES string of the molecule is Cc1nc(Nc2nc3ccccc3o2)ncc1C(=O)N1CCN(c2ccc(F)cc2)CC1. The van der Waals surface area contributed by atoms with Crippen molar-refractivity contribution in [2.24, 2.45) is 0 Å². The van der Waals surface area contributed by atoms with Gasteiger partial charge < -0.3 is 14.2 Å². The average molecular weight is 432 g/mol. The normalized spacial score (nSPS) is 14.1. The van der Waals surface area contributed by atoms with Gasteiger partial charge in [-0.2, -0.15) is 4.98 Å². The molecule has 0 saturated carbocycles. The number of carbonyl (C=O) groups excluding carboxylic acids is 1. The summed E-state index contributed by atoms with van der Waals surface area (Å²) < 4.78 is 18.8. The third-order valence-electron chi connectivity index (χ3n) is 5.48. The van der Waals surface area contributed by atoms with Crippen molar-refractivity contribution in [1.82, 2.24) is 19.9 Å². The Bertz CT molecular complexity index is 1230. The van der Waals surface area contributed by atoms with E-state index in [1.54, 1.807) is 24.0 Å². The molecular formula is C23H21FN6O2. The molecule has 1 fully saturated rings. The zero-order chi connectivity index (χ0) is 22.1. The van der Waals surface area contributed by atoms with Gasteiger partial charge in [-0.1, -0.05) is 12.1 Å². The molecule has 1 saturated heterocycles. The molecular weight excluding hydrogens is 411 g/mol. The van der Waals surface area contributed by atoms with Crippen LogP contribution in [0.4, 0.5) is 22.0 Å². The number of hydrogen-bond donors (Lipinski definition) is 1.